The minimum Gasteiger partial charge on any atom is -0.396 e. The first kappa shape index (κ1) is 12.3. The van der Waals surface area contributed by atoms with E-state index < -0.39 is 30.4 Å². The first-order chi connectivity index (χ1) is 7.48. The Hall–Kier alpha value is -0.200. The third-order valence-electron chi connectivity index (χ3n) is 3.28. The van der Waals surface area contributed by atoms with E-state index in [1.165, 1.54) is 0 Å². The van der Waals surface area contributed by atoms with Gasteiger partial charge in [0.1, 0.15) is 12.2 Å². The first-order valence-electron chi connectivity index (χ1n) is 5.78. The highest BCUT2D eigenvalue weighted by Gasteiger charge is 2.55. The molecule has 5 heteroatoms. The van der Waals surface area contributed by atoms with E-state index in [0.717, 1.165) is 6.42 Å². The summed E-state index contributed by atoms with van der Waals surface area (Å²) in [7, 11) is 0. The van der Waals surface area contributed by atoms with Crippen molar-refractivity contribution < 1.29 is 24.4 Å². The molecule has 0 aliphatic carbocycles. The van der Waals surface area contributed by atoms with Crippen LogP contribution >= 0.6 is 0 Å². The lowest BCUT2D eigenvalue weighted by Gasteiger charge is -2.26. The van der Waals surface area contributed by atoms with E-state index in [0.29, 0.717) is 0 Å². The van der Waals surface area contributed by atoms with Crippen molar-refractivity contribution in [3.63, 3.8) is 0 Å². The minimum absolute atomic E-state index is 0.00105. The number of fused-ring (bicyclic) bond motifs is 1. The van der Waals surface area contributed by atoms with Crippen molar-refractivity contribution in [3.05, 3.63) is 0 Å². The van der Waals surface area contributed by atoms with Gasteiger partial charge in [0.05, 0.1) is 6.10 Å². The summed E-state index contributed by atoms with van der Waals surface area (Å²) in [5.41, 5.74) is 0. The Kier molecular flexibility index (Phi) is 3.25. The molecule has 0 amide bonds. The van der Waals surface area contributed by atoms with Crippen LogP contribution in [0.2, 0.25) is 0 Å². The standard InChI is InChI=1S/C11H20O5/c1-4-6(5-12)8-7(13)9-10(14-8)16-11(2,3)15-9/h6-10,12-13H,4-5H2,1-3H3/t6-,7+,8-,9+,10+/m0/s1. The van der Waals surface area contributed by atoms with Gasteiger partial charge in [-0.3, -0.25) is 0 Å². The minimum atomic E-state index is -0.733. The number of hydrogen-bond acceptors (Lipinski definition) is 5. The van der Waals surface area contributed by atoms with E-state index in [1.807, 2.05) is 6.92 Å². The summed E-state index contributed by atoms with van der Waals surface area (Å²) in [4.78, 5) is 0. The predicted molar refractivity (Wildman–Crippen MR) is 55.6 cm³/mol. The molecule has 0 radical (unpaired) electrons. The largest absolute Gasteiger partial charge is 0.396 e. The van der Waals surface area contributed by atoms with Crippen LogP contribution in [0.1, 0.15) is 27.2 Å². The van der Waals surface area contributed by atoms with E-state index in [-0.39, 0.29) is 12.5 Å². The molecule has 2 aliphatic heterocycles. The summed E-state index contributed by atoms with van der Waals surface area (Å²) in [5.74, 6) is -0.779. The number of hydrogen-bond donors (Lipinski definition) is 2. The average Bonchev–Trinajstić information content (AvgIpc) is 2.65. The van der Waals surface area contributed by atoms with Crippen molar-refractivity contribution in [2.45, 2.75) is 57.6 Å². The maximum atomic E-state index is 10.1. The monoisotopic (exact) mass is 232 g/mol. The van der Waals surface area contributed by atoms with Crippen LogP contribution in [0.3, 0.4) is 0 Å². The lowest BCUT2D eigenvalue weighted by atomic mass is 9.95. The van der Waals surface area contributed by atoms with Gasteiger partial charge in [-0.1, -0.05) is 6.92 Å². The molecule has 2 saturated heterocycles. The first-order valence-corrected chi connectivity index (χ1v) is 5.78. The Labute approximate surface area is 95.3 Å². The normalized spacial score (nSPS) is 43.3. The molecule has 2 aliphatic rings. The zero-order chi connectivity index (χ0) is 11.9. The van der Waals surface area contributed by atoms with Gasteiger partial charge in [-0.2, -0.15) is 0 Å². The fraction of sp³-hybridized carbons (Fsp3) is 1.00. The Morgan fingerprint density at radius 2 is 2.00 bits per heavy atom. The SMILES string of the molecule is CC[C@@H](CO)[C@@H]1O[C@@H]2OC(C)(C)O[C@@H]2[C@@H]1O. The van der Waals surface area contributed by atoms with Crippen molar-refractivity contribution in [2.75, 3.05) is 6.61 Å². The lowest BCUT2D eigenvalue weighted by Crippen LogP contribution is -2.39. The number of aliphatic hydroxyl groups is 2. The van der Waals surface area contributed by atoms with Crippen LogP contribution in [0.5, 0.6) is 0 Å². The van der Waals surface area contributed by atoms with Crippen molar-refractivity contribution in [1.29, 1.82) is 0 Å². The van der Waals surface area contributed by atoms with Crippen LogP contribution < -0.4 is 0 Å². The summed E-state index contributed by atoms with van der Waals surface area (Å²) in [5, 5.41) is 19.3. The molecule has 2 N–H and O–H groups in total. The van der Waals surface area contributed by atoms with Crippen molar-refractivity contribution in [3.8, 4) is 0 Å². The van der Waals surface area contributed by atoms with Gasteiger partial charge < -0.3 is 24.4 Å². The molecule has 2 rings (SSSR count). The molecular formula is C11H20O5. The molecule has 0 bridgehead atoms. The molecular weight excluding hydrogens is 212 g/mol. The molecule has 16 heavy (non-hydrogen) atoms. The van der Waals surface area contributed by atoms with Crippen LogP contribution in [0.25, 0.3) is 0 Å². The summed E-state index contributed by atoms with van der Waals surface area (Å²) < 4.78 is 16.7. The maximum Gasteiger partial charge on any atom is 0.190 e. The highest BCUT2D eigenvalue weighted by atomic mass is 16.8. The Balaban J connectivity index is 2.04. The van der Waals surface area contributed by atoms with E-state index in [2.05, 4.69) is 0 Å². The van der Waals surface area contributed by atoms with Crippen molar-refractivity contribution in [1.82, 2.24) is 0 Å². The van der Waals surface area contributed by atoms with Gasteiger partial charge in [0.2, 0.25) is 0 Å². The van der Waals surface area contributed by atoms with Gasteiger partial charge in [-0.05, 0) is 20.3 Å². The fourth-order valence-corrected chi connectivity index (χ4v) is 2.37. The second-order valence-electron chi connectivity index (χ2n) is 4.91. The van der Waals surface area contributed by atoms with Crippen LogP contribution in [-0.4, -0.2) is 47.2 Å². The van der Waals surface area contributed by atoms with E-state index in [4.69, 9.17) is 14.2 Å². The third kappa shape index (κ3) is 1.98. The second-order valence-corrected chi connectivity index (χ2v) is 4.91. The molecule has 0 aromatic rings. The van der Waals surface area contributed by atoms with Crippen LogP contribution in [0, 0.1) is 5.92 Å². The summed E-state index contributed by atoms with van der Waals surface area (Å²) >= 11 is 0. The lowest BCUT2D eigenvalue weighted by molar-refractivity contribution is -0.222. The van der Waals surface area contributed by atoms with Gasteiger partial charge in [-0.25, -0.2) is 0 Å². The van der Waals surface area contributed by atoms with Crippen LogP contribution in [-0.2, 0) is 14.2 Å². The molecule has 0 unspecified atom stereocenters. The van der Waals surface area contributed by atoms with E-state index >= 15 is 0 Å². The van der Waals surface area contributed by atoms with Gasteiger partial charge in [0.25, 0.3) is 0 Å². The predicted octanol–water partition coefficient (Wildman–Crippen LogP) is 0.242. The molecule has 2 fully saturated rings. The summed E-state index contributed by atoms with van der Waals surface area (Å²) in [6.07, 6.45) is -1.35. The maximum absolute atomic E-state index is 10.1. The van der Waals surface area contributed by atoms with Crippen LogP contribution in [0.15, 0.2) is 0 Å². The number of rotatable bonds is 3. The zero-order valence-electron chi connectivity index (χ0n) is 9.92. The Morgan fingerprint density at radius 1 is 1.31 bits per heavy atom. The second kappa shape index (κ2) is 4.23. The summed E-state index contributed by atoms with van der Waals surface area (Å²) in [6.45, 7) is 5.54. The third-order valence-corrected chi connectivity index (χ3v) is 3.28. The van der Waals surface area contributed by atoms with Gasteiger partial charge in [0, 0.05) is 12.5 Å². The highest BCUT2D eigenvalue weighted by Crippen LogP contribution is 2.39. The molecule has 94 valence electrons. The highest BCUT2D eigenvalue weighted by molar-refractivity contribution is 4.95. The smallest absolute Gasteiger partial charge is 0.190 e. The van der Waals surface area contributed by atoms with Gasteiger partial charge in [0.15, 0.2) is 12.1 Å². The number of aliphatic hydroxyl groups excluding tert-OH is 2. The van der Waals surface area contributed by atoms with Gasteiger partial charge >= 0.3 is 0 Å². The zero-order valence-corrected chi connectivity index (χ0v) is 9.92. The van der Waals surface area contributed by atoms with Crippen LogP contribution in [0.4, 0.5) is 0 Å². The topological polar surface area (TPSA) is 68.2 Å². The molecule has 0 saturated carbocycles. The van der Waals surface area contributed by atoms with Crippen molar-refractivity contribution in [2.24, 2.45) is 5.92 Å². The number of ether oxygens (including phenoxy) is 3. The molecule has 0 aromatic heterocycles. The molecule has 0 spiro atoms. The van der Waals surface area contributed by atoms with Crippen molar-refractivity contribution >= 4 is 0 Å². The van der Waals surface area contributed by atoms with Gasteiger partial charge in [-0.15, -0.1) is 0 Å². The summed E-state index contributed by atoms with van der Waals surface area (Å²) in [6, 6.07) is 0. The quantitative estimate of drug-likeness (QED) is 0.729. The molecule has 2 heterocycles. The average molecular weight is 232 g/mol. The fourth-order valence-electron chi connectivity index (χ4n) is 2.37. The van der Waals surface area contributed by atoms with E-state index in [9.17, 15) is 10.2 Å². The molecule has 5 atom stereocenters. The molecule has 5 nitrogen and oxygen atoms in total. The Morgan fingerprint density at radius 3 is 2.50 bits per heavy atom. The molecule has 0 aromatic carbocycles. The van der Waals surface area contributed by atoms with E-state index in [1.54, 1.807) is 13.8 Å². The Bertz CT molecular complexity index is 251.